The largest absolute Gasteiger partial charge is 0.419 e. The van der Waals surface area contributed by atoms with Crippen molar-refractivity contribution in [1.82, 2.24) is 4.57 Å². The van der Waals surface area contributed by atoms with E-state index in [0.29, 0.717) is 10.6 Å². The van der Waals surface area contributed by atoms with E-state index in [1.165, 1.54) is 4.57 Å². The number of alkyl halides is 1. The van der Waals surface area contributed by atoms with Crippen LogP contribution in [0.25, 0.3) is 11.1 Å². The molecule has 0 saturated carbocycles. The first-order chi connectivity index (χ1) is 9.58. The first-order valence-electron chi connectivity index (χ1n) is 6.06. The van der Waals surface area contributed by atoms with Crippen molar-refractivity contribution < 1.29 is 4.42 Å². The molecule has 20 heavy (non-hydrogen) atoms. The van der Waals surface area contributed by atoms with Gasteiger partial charge in [0.15, 0.2) is 5.58 Å². The van der Waals surface area contributed by atoms with E-state index in [1.54, 1.807) is 7.05 Å². The van der Waals surface area contributed by atoms with Crippen molar-refractivity contribution in [1.29, 1.82) is 0 Å². The van der Waals surface area contributed by atoms with Crippen molar-refractivity contribution in [3.63, 3.8) is 0 Å². The van der Waals surface area contributed by atoms with E-state index in [2.05, 4.69) is 15.9 Å². The summed E-state index contributed by atoms with van der Waals surface area (Å²) in [5.41, 5.74) is 3.32. The highest BCUT2D eigenvalue weighted by atomic mass is 79.9. The zero-order valence-electron chi connectivity index (χ0n) is 10.6. The van der Waals surface area contributed by atoms with Crippen LogP contribution in [0.5, 0.6) is 0 Å². The Morgan fingerprint density at radius 1 is 1.25 bits per heavy atom. The molecule has 1 heterocycles. The van der Waals surface area contributed by atoms with Crippen LogP contribution in [0.1, 0.15) is 16.0 Å². The van der Waals surface area contributed by atoms with Gasteiger partial charge in [-0.3, -0.25) is 4.57 Å². The van der Waals surface area contributed by atoms with Gasteiger partial charge in [0, 0.05) is 12.1 Å². The lowest BCUT2D eigenvalue weighted by Gasteiger charge is -2.12. The van der Waals surface area contributed by atoms with Gasteiger partial charge in [0.05, 0.1) is 10.3 Å². The molecular formula is C15H11BrClNO2. The van der Waals surface area contributed by atoms with Crippen LogP contribution in [0, 0.1) is 0 Å². The van der Waals surface area contributed by atoms with Crippen LogP contribution in [-0.4, -0.2) is 4.57 Å². The summed E-state index contributed by atoms with van der Waals surface area (Å²) >= 11 is 9.85. The molecule has 0 radical (unpaired) electrons. The van der Waals surface area contributed by atoms with Gasteiger partial charge in [-0.2, -0.15) is 0 Å². The molecule has 0 aliphatic heterocycles. The first-order valence-corrected chi connectivity index (χ1v) is 7.35. The summed E-state index contributed by atoms with van der Waals surface area (Å²) in [6.45, 7) is 0. The number of hydrogen-bond donors (Lipinski definition) is 0. The van der Waals surface area contributed by atoms with E-state index < -0.39 is 0 Å². The van der Waals surface area contributed by atoms with Crippen molar-refractivity contribution in [2.45, 2.75) is 4.83 Å². The van der Waals surface area contributed by atoms with Crippen molar-refractivity contribution in [2.24, 2.45) is 7.05 Å². The smallest absolute Gasteiger partial charge is 0.408 e. The van der Waals surface area contributed by atoms with E-state index in [-0.39, 0.29) is 10.6 Å². The summed E-state index contributed by atoms with van der Waals surface area (Å²) in [5, 5.41) is 0.698. The number of fused-ring (bicyclic) bond motifs is 1. The monoisotopic (exact) mass is 351 g/mol. The van der Waals surface area contributed by atoms with E-state index >= 15 is 0 Å². The molecule has 0 amide bonds. The molecule has 0 bridgehead atoms. The molecule has 0 spiro atoms. The topological polar surface area (TPSA) is 35.1 Å². The van der Waals surface area contributed by atoms with Crippen LogP contribution in [0.15, 0.2) is 51.7 Å². The van der Waals surface area contributed by atoms with Gasteiger partial charge in [0.25, 0.3) is 0 Å². The Labute approximate surface area is 128 Å². The van der Waals surface area contributed by atoms with Crippen molar-refractivity contribution in [3.8, 4) is 0 Å². The summed E-state index contributed by atoms with van der Waals surface area (Å²) in [6, 6.07) is 13.3. The third kappa shape index (κ3) is 2.19. The molecule has 3 rings (SSSR count). The van der Waals surface area contributed by atoms with Crippen molar-refractivity contribution in [2.75, 3.05) is 0 Å². The standard InChI is InChI=1S/C15H11BrClNO2/c1-18-12-7-6-9(8-13(12)20-15(18)19)14(16)10-4-2-3-5-11(10)17/h2-8,14H,1H3. The first kappa shape index (κ1) is 13.5. The minimum Gasteiger partial charge on any atom is -0.408 e. The molecule has 3 aromatic rings. The van der Waals surface area contributed by atoms with Crippen LogP contribution >= 0.6 is 27.5 Å². The molecule has 0 N–H and O–H groups in total. The molecule has 1 aromatic heterocycles. The van der Waals surface area contributed by atoms with E-state index in [4.69, 9.17) is 16.0 Å². The molecule has 1 atom stereocenters. The predicted octanol–water partition coefficient (Wildman–Crippen LogP) is 4.27. The fourth-order valence-corrected chi connectivity index (χ4v) is 3.23. The third-order valence-electron chi connectivity index (χ3n) is 3.29. The van der Waals surface area contributed by atoms with Crippen LogP contribution in [0.3, 0.4) is 0 Å². The lowest BCUT2D eigenvalue weighted by Crippen LogP contribution is -2.08. The van der Waals surface area contributed by atoms with Crippen LogP contribution in [0.2, 0.25) is 5.02 Å². The Hall–Kier alpha value is -1.52. The van der Waals surface area contributed by atoms with Crippen LogP contribution in [-0.2, 0) is 7.05 Å². The molecule has 102 valence electrons. The molecule has 0 aliphatic carbocycles. The number of aromatic nitrogens is 1. The van der Waals surface area contributed by atoms with Gasteiger partial charge in [-0.1, -0.05) is 51.8 Å². The number of benzene rings is 2. The molecule has 0 fully saturated rings. The van der Waals surface area contributed by atoms with Gasteiger partial charge in [-0.05, 0) is 29.3 Å². The second-order valence-corrected chi connectivity index (χ2v) is 5.86. The average Bonchev–Trinajstić information content (AvgIpc) is 2.73. The quantitative estimate of drug-likeness (QED) is 0.646. The highest BCUT2D eigenvalue weighted by Gasteiger charge is 2.15. The maximum absolute atomic E-state index is 11.5. The summed E-state index contributed by atoms with van der Waals surface area (Å²) in [6.07, 6.45) is 0. The van der Waals surface area contributed by atoms with Gasteiger partial charge >= 0.3 is 5.76 Å². The van der Waals surface area contributed by atoms with E-state index in [0.717, 1.165) is 16.6 Å². The number of aryl methyl sites for hydroxylation is 1. The summed E-state index contributed by atoms with van der Waals surface area (Å²) in [4.78, 5) is 11.5. The van der Waals surface area contributed by atoms with Gasteiger partial charge in [-0.15, -0.1) is 0 Å². The fourth-order valence-electron chi connectivity index (χ4n) is 2.17. The van der Waals surface area contributed by atoms with Gasteiger partial charge in [0.1, 0.15) is 0 Å². The maximum Gasteiger partial charge on any atom is 0.419 e. The van der Waals surface area contributed by atoms with Crippen LogP contribution in [0.4, 0.5) is 0 Å². The zero-order chi connectivity index (χ0) is 14.3. The average molecular weight is 353 g/mol. The Bertz CT molecular complexity index is 837. The fraction of sp³-hybridized carbons (Fsp3) is 0.133. The van der Waals surface area contributed by atoms with Crippen LogP contribution < -0.4 is 5.76 Å². The number of nitrogens with zero attached hydrogens (tertiary/aromatic N) is 1. The van der Waals surface area contributed by atoms with Gasteiger partial charge in [0.2, 0.25) is 0 Å². The number of rotatable bonds is 2. The van der Waals surface area contributed by atoms with Gasteiger partial charge in [-0.25, -0.2) is 4.79 Å². The summed E-state index contributed by atoms with van der Waals surface area (Å²) in [7, 11) is 1.69. The number of oxazole rings is 1. The Kier molecular flexibility index (Phi) is 3.44. The lowest BCUT2D eigenvalue weighted by atomic mass is 10.0. The highest BCUT2D eigenvalue weighted by Crippen LogP contribution is 2.35. The molecular weight excluding hydrogens is 342 g/mol. The molecule has 1 unspecified atom stereocenters. The highest BCUT2D eigenvalue weighted by molar-refractivity contribution is 9.09. The second kappa shape index (κ2) is 5.11. The molecule has 5 heteroatoms. The van der Waals surface area contributed by atoms with Gasteiger partial charge < -0.3 is 4.42 Å². The molecule has 0 aliphatic rings. The predicted molar refractivity (Wildman–Crippen MR) is 83.7 cm³/mol. The Morgan fingerprint density at radius 3 is 2.75 bits per heavy atom. The minimum absolute atomic E-state index is 0.0499. The third-order valence-corrected chi connectivity index (χ3v) is 4.65. The van der Waals surface area contributed by atoms with E-state index in [9.17, 15) is 4.79 Å². The molecule has 2 aromatic carbocycles. The normalized spacial score (nSPS) is 12.8. The summed E-state index contributed by atoms with van der Waals surface area (Å²) in [5.74, 6) is -0.360. The molecule has 3 nitrogen and oxygen atoms in total. The van der Waals surface area contributed by atoms with Crippen molar-refractivity contribution >= 4 is 38.6 Å². The summed E-state index contributed by atoms with van der Waals surface area (Å²) < 4.78 is 6.69. The zero-order valence-corrected chi connectivity index (χ0v) is 13.0. The van der Waals surface area contributed by atoms with E-state index in [1.807, 2.05) is 42.5 Å². The second-order valence-electron chi connectivity index (χ2n) is 4.54. The maximum atomic E-state index is 11.5. The number of hydrogen-bond acceptors (Lipinski definition) is 2. The Balaban J connectivity index is 2.11. The lowest BCUT2D eigenvalue weighted by molar-refractivity contribution is 0.528. The number of halogens is 2. The minimum atomic E-state index is -0.360. The molecule has 0 saturated heterocycles. The van der Waals surface area contributed by atoms with Crippen molar-refractivity contribution in [3.05, 3.63) is 69.2 Å². The Morgan fingerprint density at radius 2 is 2.00 bits per heavy atom. The SMILES string of the molecule is Cn1c(=O)oc2cc(C(Br)c3ccccc3Cl)ccc21.